The van der Waals surface area contributed by atoms with E-state index < -0.39 is 26.6 Å². The molecule has 4 nitrogen and oxygen atoms in total. The summed E-state index contributed by atoms with van der Waals surface area (Å²) >= 11 is 0. The summed E-state index contributed by atoms with van der Waals surface area (Å²) in [4.78, 5) is -0.531. The van der Waals surface area contributed by atoms with Crippen molar-refractivity contribution in [2.75, 3.05) is 11.4 Å². The van der Waals surface area contributed by atoms with Crippen molar-refractivity contribution >= 4 is 15.7 Å². The van der Waals surface area contributed by atoms with Crippen molar-refractivity contribution in [1.82, 2.24) is 0 Å². The monoisotopic (exact) mass is 312 g/mol. The van der Waals surface area contributed by atoms with Crippen LogP contribution < -0.4 is 10.0 Å². The van der Waals surface area contributed by atoms with Crippen LogP contribution in [0.3, 0.4) is 0 Å². The summed E-state index contributed by atoms with van der Waals surface area (Å²) in [5.74, 6) is -1.62. The molecule has 0 amide bonds. The maximum Gasteiger partial charge on any atom is 0.267 e. The van der Waals surface area contributed by atoms with Crippen LogP contribution in [0.5, 0.6) is 0 Å². The van der Waals surface area contributed by atoms with Crippen LogP contribution in [0.2, 0.25) is 0 Å². The summed E-state index contributed by atoms with van der Waals surface area (Å²) in [6.07, 6.45) is 0. The number of rotatable bonds is 4. The van der Waals surface area contributed by atoms with Crippen LogP contribution in [0.25, 0.3) is 0 Å². The van der Waals surface area contributed by atoms with E-state index in [-0.39, 0.29) is 12.2 Å². The lowest BCUT2D eigenvalue weighted by Gasteiger charge is -2.20. The van der Waals surface area contributed by atoms with Gasteiger partial charge < -0.3 is 5.73 Å². The first-order valence-corrected chi connectivity index (χ1v) is 7.54. The number of anilines is 1. The number of nitrogens with two attached hydrogens (primary N) is 1. The first kappa shape index (κ1) is 15.4. The zero-order valence-electron chi connectivity index (χ0n) is 11.3. The molecule has 7 heteroatoms. The Balaban J connectivity index is 2.54. The second-order valence-corrected chi connectivity index (χ2v) is 6.33. The van der Waals surface area contributed by atoms with E-state index >= 15 is 0 Å². The molecular weight excluding hydrogens is 298 g/mol. The summed E-state index contributed by atoms with van der Waals surface area (Å²) in [6.45, 7) is 0.0756. The van der Waals surface area contributed by atoms with Gasteiger partial charge >= 0.3 is 0 Å². The maximum atomic E-state index is 13.8. The van der Waals surface area contributed by atoms with Crippen molar-refractivity contribution in [2.24, 2.45) is 5.73 Å². The molecule has 0 aliphatic carbocycles. The Hall–Kier alpha value is -1.99. The quantitative estimate of drug-likeness (QED) is 0.942. The molecule has 0 aliphatic rings. The lowest BCUT2D eigenvalue weighted by Crippen LogP contribution is -2.28. The third kappa shape index (κ3) is 2.88. The fourth-order valence-corrected chi connectivity index (χ4v) is 3.17. The third-order valence-corrected chi connectivity index (χ3v) is 4.85. The first-order chi connectivity index (χ1) is 9.87. The fraction of sp³-hybridized carbons (Fsp3) is 0.143. The van der Waals surface area contributed by atoms with E-state index in [9.17, 15) is 17.2 Å². The summed E-state index contributed by atoms with van der Waals surface area (Å²) in [5, 5.41) is 0. The minimum absolute atomic E-state index is 0.0756. The number of sulfonamides is 1. The number of hydrogen-bond acceptors (Lipinski definition) is 3. The highest BCUT2D eigenvalue weighted by molar-refractivity contribution is 7.92. The smallest absolute Gasteiger partial charge is 0.267 e. The van der Waals surface area contributed by atoms with Crippen molar-refractivity contribution in [2.45, 2.75) is 11.4 Å². The van der Waals surface area contributed by atoms with Gasteiger partial charge in [0.05, 0.1) is 5.69 Å². The lowest BCUT2D eigenvalue weighted by molar-refractivity contribution is 0.563. The largest absolute Gasteiger partial charge is 0.326 e. The summed E-state index contributed by atoms with van der Waals surface area (Å²) in [6, 6.07) is 8.96. The van der Waals surface area contributed by atoms with E-state index in [0.29, 0.717) is 9.87 Å². The standard InChI is InChI=1S/C14H14F2N2O2S/c1-18(13-5-3-2-4-11(13)15)21(19,20)14-8-10(9-17)6-7-12(14)16/h2-8H,9,17H2,1H3. The topological polar surface area (TPSA) is 63.4 Å². The summed E-state index contributed by atoms with van der Waals surface area (Å²) < 4.78 is 53.2. The Morgan fingerprint density at radius 2 is 1.76 bits per heavy atom. The molecule has 0 aromatic heterocycles. The van der Waals surface area contributed by atoms with E-state index in [2.05, 4.69) is 0 Å². The van der Waals surface area contributed by atoms with Crippen LogP contribution in [-0.4, -0.2) is 15.5 Å². The van der Waals surface area contributed by atoms with Crippen LogP contribution in [0.15, 0.2) is 47.4 Å². The van der Waals surface area contributed by atoms with Crippen molar-refractivity contribution in [1.29, 1.82) is 0 Å². The highest BCUT2D eigenvalue weighted by atomic mass is 32.2. The number of hydrogen-bond donors (Lipinski definition) is 1. The number of nitrogens with zero attached hydrogens (tertiary/aromatic N) is 1. The van der Waals surface area contributed by atoms with Crippen molar-refractivity contribution < 1.29 is 17.2 Å². The van der Waals surface area contributed by atoms with Gasteiger partial charge in [0.2, 0.25) is 0 Å². The van der Waals surface area contributed by atoms with Crippen LogP contribution in [0, 0.1) is 11.6 Å². The molecule has 0 aliphatic heterocycles. The molecule has 2 aromatic rings. The van der Waals surface area contributed by atoms with Crippen molar-refractivity contribution in [3.8, 4) is 0 Å². The van der Waals surface area contributed by atoms with E-state index in [1.165, 1.54) is 31.3 Å². The predicted molar refractivity (Wildman–Crippen MR) is 76.3 cm³/mol. The second-order valence-electron chi connectivity index (χ2n) is 4.39. The molecule has 0 heterocycles. The lowest BCUT2D eigenvalue weighted by atomic mass is 10.2. The summed E-state index contributed by atoms with van der Waals surface area (Å²) in [5.41, 5.74) is 5.74. The number of halogens is 2. The Morgan fingerprint density at radius 1 is 1.10 bits per heavy atom. The molecule has 21 heavy (non-hydrogen) atoms. The van der Waals surface area contributed by atoms with E-state index in [1.807, 2.05) is 0 Å². The summed E-state index contributed by atoms with van der Waals surface area (Å²) in [7, 11) is -3.05. The van der Waals surface area contributed by atoms with Crippen molar-refractivity contribution in [3.63, 3.8) is 0 Å². The molecular formula is C14H14F2N2O2S. The van der Waals surface area contributed by atoms with Gasteiger partial charge in [0.15, 0.2) is 0 Å². The Kier molecular flexibility index (Phi) is 4.24. The maximum absolute atomic E-state index is 13.8. The molecule has 0 radical (unpaired) electrons. The molecule has 0 fully saturated rings. The molecule has 2 N–H and O–H groups in total. The molecule has 0 spiro atoms. The van der Waals surface area contributed by atoms with Gasteiger partial charge in [0, 0.05) is 13.6 Å². The van der Waals surface area contributed by atoms with Gasteiger partial charge in [-0.25, -0.2) is 17.2 Å². The van der Waals surface area contributed by atoms with Gasteiger partial charge in [0.25, 0.3) is 10.0 Å². The number of benzene rings is 2. The van der Waals surface area contributed by atoms with Gasteiger partial charge in [0.1, 0.15) is 16.5 Å². The van der Waals surface area contributed by atoms with E-state index in [1.54, 1.807) is 0 Å². The van der Waals surface area contributed by atoms with Crippen LogP contribution in [0.4, 0.5) is 14.5 Å². The Bertz CT molecular complexity index is 763. The van der Waals surface area contributed by atoms with Gasteiger partial charge in [-0.15, -0.1) is 0 Å². The molecule has 2 aromatic carbocycles. The average molecular weight is 312 g/mol. The first-order valence-electron chi connectivity index (χ1n) is 6.10. The molecule has 0 saturated heterocycles. The zero-order chi connectivity index (χ0) is 15.6. The molecule has 0 saturated carbocycles. The van der Waals surface area contributed by atoms with Crippen LogP contribution in [-0.2, 0) is 16.6 Å². The van der Waals surface area contributed by atoms with E-state index in [0.717, 1.165) is 18.2 Å². The normalized spacial score (nSPS) is 11.4. The van der Waals surface area contributed by atoms with Crippen LogP contribution in [0.1, 0.15) is 5.56 Å². The Labute approximate surface area is 121 Å². The molecule has 0 unspecified atom stereocenters. The predicted octanol–water partition coefficient (Wildman–Crippen LogP) is 2.25. The van der Waals surface area contributed by atoms with Gasteiger partial charge in [-0.1, -0.05) is 18.2 Å². The SMILES string of the molecule is CN(c1ccccc1F)S(=O)(=O)c1cc(CN)ccc1F. The highest BCUT2D eigenvalue weighted by Gasteiger charge is 2.26. The van der Waals surface area contributed by atoms with E-state index in [4.69, 9.17) is 5.73 Å². The third-order valence-electron chi connectivity index (χ3n) is 3.06. The minimum Gasteiger partial charge on any atom is -0.326 e. The molecule has 0 atom stereocenters. The van der Waals surface area contributed by atoms with Crippen molar-refractivity contribution in [3.05, 3.63) is 59.7 Å². The second kappa shape index (κ2) is 5.79. The molecule has 0 bridgehead atoms. The average Bonchev–Trinajstić information content (AvgIpc) is 2.47. The van der Waals surface area contributed by atoms with Gasteiger partial charge in [-0.2, -0.15) is 0 Å². The number of para-hydroxylation sites is 1. The highest BCUT2D eigenvalue weighted by Crippen LogP contribution is 2.26. The minimum atomic E-state index is -4.22. The van der Waals surface area contributed by atoms with Gasteiger partial charge in [-0.05, 0) is 29.8 Å². The van der Waals surface area contributed by atoms with Gasteiger partial charge in [-0.3, -0.25) is 4.31 Å². The zero-order valence-corrected chi connectivity index (χ0v) is 12.1. The Morgan fingerprint density at radius 3 is 2.38 bits per heavy atom. The van der Waals surface area contributed by atoms with Crippen LogP contribution >= 0.6 is 0 Å². The molecule has 2 rings (SSSR count). The molecule has 112 valence electrons. The fourth-order valence-electron chi connectivity index (χ4n) is 1.86.